The first-order valence-electron chi connectivity index (χ1n) is 4.04. The van der Waals surface area contributed by atoms with Gasteiger partial charge in [0.25, 0.3) is 0 Å². The first kappa shape index (κ1) is 10.9. The molecule has 3 nitrogen and oxygen atoms in total. The van der Waals surface area contributed by atoms with E-state index < -0.39 is 0 Å². The fourth-order valence-corrected chi connectivity index (χ4v) is 0.624. The molecule has 0 amide bonds. The Morgan fingerprint density at radius 2 is 1.91 bits per heavy atom. The average molecular weight is 161 g/mol. The Labute approximate surface area is 68.9 Å². The summed E-state index contributed by atoms with van der Waals surface area (Å²) >= 11 is 0. The van der Waals surface area contributed by atoms with E-state index in [0.717, 1.165) is 19.6 Å². The SMILES string of the molecule is COCCCOC(C)C(C)N. The van der Waals surface area contributed by atoms with E-state index in [1.807, 2.05) is 13.8 Å². The Kier molecular flexibility index (Phi) is 6.51. The Hall–Kier alpha value is -0.120. The highest BCUT2D eigenvalue weighted by Gasteiger charge is 2.05. The lowest BCUT2D eigenvalue weighted by Crippen LogP contribution is -2.31. The highest BCUT2D eigenvalue weighted by atomic mass is 16.5. The van der Waals surface area contributed by atoms with Crippen LogP contribution in [0.3, 0.4) is 0 Å². The molecule has 0 saturated heterocycles. The van der Waals surface area contributed by atoms with Crippen LogP contribution in [0.15, 0.2) is 0 Å². The molecule has 0 fully saturated rings. The second-order valence-corrected chi connectivity index (χ2v) is 2.78. The van der Waals surface area contributed by atoms with Crippen molar-refractivity contribution in [3.05, 3.63) is 0 Å². The molecule has 0 rings (SSSR count). The molecule has 68 valence electrons. The summed E-state index contributed by atoms with van der Waals surface area (Å²) in [4.78, 5) is 0. The van der Waals surface area contributed by atoms with Crippen LogP contribution >= 0.6 is 0 Å². The maximum Gasteiger partial charge on any atom is 0.0695 e. The summed E-state index contributed by atoms with van der Waals surface area (Å²) in [5.74, 6) is 0. The molecule has 0 aromatic rings. The molecule has 0 aliphatic heterocycles. The molecular weight excluding hydrogens is 142 g/mol. The van der Waals surface area contributed by atoms with Crippen LogP contribution in [-0.2, 0) is 9.47 Å². The second-order valence-electron chi connectivity index (χ2n) is 2.78. The Morgan fingerprint density at radius 1 is 1.27 bits per heavy atom. The largest absolute Gasteiger partial charge is 0.385 e. The van der Waals surface area contributed by atoms with E-state index in [4.69, 9.17) is 15.2 Å². The summed E-state index contributed by atoms with van der Waals surface area (Å²) in [5, 5.41) is 0. The molecule has 0 aliphatic carbocycles. The smallest absolute Gasteiger partial charge is 0.0695 e. The number of nitrogens with two attached hydrogens (primary N) is 1. The molecule has 0 spiro atoms. The third kappa shape index (κ3) is 6.28. The standard InChI is InChI=1S/C8H19NO2/c1-7(9)8(2)11-6-4-5-10-3/h7-8H,4-6,9H2,1-3H3. The zero-order valence-corrected chi connectivity index (χ0v) is 7.67. The lowest BCUT2D eigenvalue weighted by atomic mass is 10.2. The number of methoxy groups -OCH3 is 1. The van der Waals surface area contributed by atoms with Crippen LogP contribution in [0.2, 0.25) is 0 Å². The molecule has 3 heteroatoms. The minimum atomic E-state index is 0.109. The molecule has 0 radical (unpaired) electrons. The Balaban J connectivity index is 3.10. The van der Waals surface area contributed by atoms with E-state index in [-0.39, 0.29) is 12.1 Å². The van der Waals surface area contributed by atoms with Gasteiger partial charge < -0.3 is 15.2 Å². The first-order valence-corrected chi connectivity index (χ1v) is 4.04. The predicted molar refractivity (Wildman–Crippen MR) is 45.6 cm³/mol. The van der Waals surface area contributed by atoms with Crippen LogP contribution < -0.4 is 5.73 Å². The van der Waals surface area contributed by atoms with Gasteiger partial charge in [-0.1, -0.05) is 0 Å². The van der Waals surface area contributed by atoms with Crippen molar-refractivity contribution in [2.45, 2.75) is 32.4 Å². The van der Waals surface area contributed by atoms with Crippen molar-refractivity contribution in [1.82, 2.24) is 0 Å². The fourth-order valence-electron chi connectivity index (χ4n) is 0.624. The van der Waals surface area contributed by atoms with Gasteiger partial charge in [0, 0.05) is 26.4 Å². The van der Waals surface area contributed by atoms with Gasteiger partial charge in [-0.25, -0.2) is 0 Å². The van der Waals surface area contributed by atoms with Gasteiger partial charge in [-0.15, -0.1) is 0 Å². The van der Waals surface area contributed by atoms with E-state index in [0.29, 0.717) is 0 Å². The molecule has 0 aromatic carbocycles. The van der Waals surface area contributed by atoms with Crippen molar-refractivity contribution in [2.75, 3.05) is 20.3 Å². The summed E-state index contributed by atoms with van der Waals surface area (Å²) in [6, 6.07) is 0.109. The fraction of sp³-hybridized carbons (Fsp3) is 1.00. The van der Waals surface area contributed by atoms with Crippen molar-refractivity contribution in [2.24, 2.45) is 5.73 Å². The Bertz CT molecular complexity index is 86.2. The van der Waals surface area contributed by atoms with E-state index in [1.54, 1.807) is 7.11 Å². The van der Waals surface area contributed by atoms with Gasteiger partial charge in [0.2, 0.25) is 0 Å². The molecule has 0 saturated carbocycles. The van der Waals surface area contributed by atoms with Crippen LogP contribution in [0.4, 0.5) is 0 Å². The van der Waals surface area contributed by atoms with Crippen molar-refractivity contribution < 1.29 is 9.47 Å². The summed E-state index contributed by atoms with van der Waals surface area (Å²) in [7, 11) is 1.69. The zero-order chi connectivity index (χ0) is 8.69. The summed E-state index contributed by atoms with van der Waals surface area (Å²) in [6.45, 7) is 5.42. The third-order valence-corrected chi connectivity index (χ3v) is 1.61. The zero-order valence-electron chi connectivity index (χ0n) is 7.67. The van der Waals surface area contributed by atoms with Gasteiger partial charge in [-0.05, 0) is 20.3 Å². The third-order valence-electron chi connectivity index (χ3n) is 1.61. The average Bonchev–Trinajstić information content (AvgIpc) is 1.97. The molecule has 0 heterocycles. The van der Waals surface area contributed by atoms with Crippen molar-refractivity contribution in [3.8, 4) is 0 Å². The van der Waals surface area contributed by atoms with Crippen molar-refractivity contribution >= 4 is 0 Å². The lowest BCUT2D eigenvalue weighted by molar-refractivity contribution is 0.0389. The minimum absolute atomic E-state index is 0.109. The van der Waals surface area contributed by atoms with E-state index >= 15 is 0 Å². The van der Waals surface area contributed by atoms with Gasteiger partial charge >= 0.3 is 0 Å². The minimum Gasteiger partial charge on any atom is -0.385 e. The summed E-state index contributed by atoms with van der Waals surface area (Å²) < 4.78 is 10.3. The van der Waals surface area contributed by atoms with Gasteiger partial charge in [0.05, 0.1) is 6.10 Å². The molecule has 2 unspecified atom stereocenters. The molecule has 2 atom stereocenters. The molecule has 2 N–H and O–H groups in total. The van der Waals surface area contributed by atoms with Crippen LogP contribution in [-0.4, -0.2) is 32.5 Å². The predicted octanol–water partition coefficient (Wildman–Crippen LogP) is 0.775. The Morgan fingerprint density at radius 3 is 2.36 bits per heavy atom. The van der Waals surface area contributed by atoms with Gasteiger partial charge in [-0.3, -0.25) is 0 Å². The van der Waals surface area contributed by atoms with Crippen LogP contribution in [0.1, 0.15) is 20.3 Å². The summed E-state index contributed by atoms with van der Waals surface area (Å²) in [5.41, 5.74) is 5.59. The van der Waals surface area contributed by atoms with Gasteiger partial charge in [0.15, 0.2) is 0 Å². The first-order chi connectivity index (χ1) is 5.18. The molecule has 0 aliphatic rings. The van der Waals surface area contributed by atoms with E-state index in [9.17, 15) is 0 Å². The van der Waals surface area contributed by atoms with Crippen molar-refractivity contribution in [3.63, 3.8) is 0 Å². The number of rotatable bonds is 6. The van der Waals surface area contributed by atoms with E-state index in [1.165, 1.54) is 0 Å². The molecule has 0 aromatic heterocycles. The van der Waals surface area contributed by atoms with Crippen LogP contribution in [0.25, 0.3) is 0 Å². The monoisotopic (exact) mass is 161 g/mol. The highest BCUT2D eigenvalue weighted by molar-refractivity contribution is 4.61. The topological polar surface area (TPSA) is 44.5 Å². The lowest BCUT2D eigenvalue weighted by Gasteiger charge is -2.15. The highest BCUT2D eigenvalue weighted by Crippen LogP contribution is 1.96. The molecule has 0 bridgehead atoms. The molecular formula is C8H19NO2. The van der Waals surface area contributed by atoms with Crippen LogP contribution in [0.5, 0.6) is 0 Å². The number of ether oxygens (including phenoxy) is 2. The van der Waals surface area contributed by atoms with Crippen molar-refractivity contribution in [1.29, 1.82) is 0 Å². The summed E-state index contributed by atoms with van der Waals surface area (Å²) in [6.07, 6.45) is 1.08. The second kappa shape index (κ2) is 6.58. The molecule has 11 heavy (non-hydrogen) atoms. The van der Waals surface area contributed by atoms with Gasteiger partial charge in [0.1, 0.15) is 0 Å². The maximum absolute atomic E-state index is 5.59. The van der Waals surface area contributed by atoms with Crippen LogP contribution in [0, 0.1) is 0 Å². The van der Waals surface area contributed by atoms with E-state index in [2.05, 4.69) is 0 Å². The quantitative estimate of drug-likeness (QED) is 0.585. The normalized spacial score (nSPS) is 16.4. The number of hydrogen-bond acceptors (Lipinski definition) is 3. The van der Waals surface area contributed by atoms with Gasteiger partial charge in [-0.2, -0.15) is 0 Å². The maximum atomic E-state index is 5.59. The number of hydrogen-bond donors (Lipinski definition) is 1.